The molecule has 1 aliphatic carbocycles. The van der Waals surface area contributed by atoms with Crippen molar-refractivity contribution in [1.82, 2.24) is 9.97 Å². The summed E-state index contributed by atoms with van der Waals surface area (Å²) in [6.45, 7) is 14.4. The molecule has 1 aliphatic rings. The van der Waals surface area contributed by atoms with Gasteiger partial charge in [-0.1, -0.05) is 41.5 Å². The van der Waals surface area contributed by atoms with E-state index in [1.807, 2.05) is 0 Å². The first kappa shape index (κ1) is 14.3. The first-order valence-corrected chi connectivity index (χ1v) is 7.37. The Morgan fingerprint density at radius 3 is 2.42 bits per heavy atom. The van der Waals surface area contributed by atoms with E-state index in [2.05, 4.69) is 52.9 Å². The molecule has 1 saturated carbocycles. The molecule has 0 aromatic carbocycles. The van der Waals surface area contributed by atoms with Crippen molar-refractivity contribution in [3.05, 3.63) is 17.6 Å². The first-order chi connectivity index (χ1) is 8.74. The van der Waals surface area contributed by atoms with E-state index < -0.39 is 0 Å². The summed E-state index contributed by atoms with van der Waals surface area (Å²) in [5.41, 5.74) is 1.58. The fraction of sp³-hybridized carbons (Fsp3) is 0.750. The molecule has 1 heterocycles. The summed E-state index contributed by atoms with van der Waals surface area (Å²) in [4.78, 5) is 9.54. The lowest BCUT2D eigenvalue weighted by molar-refractivity contribution is 0.554. The molecule has 106 valence electrons. The van der Waals surface area contributed by atoms with Crippen LogP contribution in [0.15, 0.2) is 6.07 Å². The third-order valence-corrected chi connectivity index (χ3v) is 3.89. The van der Waals surface area contributed by atoms with E-state index in [-0.39, 0.29) is 5.41 Å². The van der Waals surface area contributed by atoms with Crippen LogP contribution in [0.1, 0.15) is 71.8 Å². The second kappa shape index (κ2) is 4.77. The molecule has 2 rings (SSSR count). The minimum absolute atomic E-state index is 0.0688. The molecular weight excluding hydrogens is 234 g/mol. The molecule has 0 amide bonds. The highest BCUT2D eigenvalue weighted by Gasteiger charge is 2.48. The molecule has 3 heteroatoms. The summed E-state index contributed by atoms with van der Waals surface area (Å²) in [6, 6.07) is 2.11. The zero-order valence-electron chi connectivity index (χ0n) is 13.2. The van der Waals surface area contributed by atoms with Crippen molar-refractivity contribution < 1.29 is 0 Å². The lowest BCUT2D eigenvalue weighted by Gasteiger charge is -2.20. The maximum atomic E-state index is 4.82. The highest BCUT2D eigenvalue weighted by atomic mass is 15.0. The molecule has 19 heavy (non-hydrogen) atoms. The molecular formula is C16H27N3. The summed E-state index contributed by atoms with van der Waals surface area (Å²) in [6.07, 6.45) is 2.31. The Labute approximate surface area is 117 Å². The molecule has 3 nitrogen and oxygen atoms in total. The molecule has 1 atom stereocenters. The molecule has 1 N–H and O–H groups in total. The largest absolute Gasteiger partial charge is 0.370 e. The topological polar surface area (TPSA) is 37.8 Å². The number of nitrogens with zero attached hydrogens (tertiary/aromatic N) is 2. The van der Waals surface area contributed by atoms with Crippen LogP contribution in [0.25, 0.3) is 0 Å². The van der Waals surface area contributed by atoms with E-state index in [0.717, 1.165) is 30.3 Å². The lowest BCUT2D eigenvalue weighted by atomic mass is 9.91. The number of aromatic nitrogens is 2. The molecule has 1 unspecified atom stereocenters. The van der Waals surface area contributed by atoms with Gasteiger partial charge in [0.2, 0.25) is 0 Å². The van der Waals surface area contributed by atoms with Crippen molar-refractivity contribution in [2.45, 2.75) is 65.7 Å². The van der Waals surface area contributed by atoms with Gasteiger partial charge < -0.3 is 5.32 Å². The quantitative estimate of drug-likeness (QED) is 0.886. The van der Waals surface area contributed by atoms with E-state index in [0.29, 0.717) is 11.3 Å². The molecule has 1 aromatic rings. The second-order valence-corrected chi connectivity index (χ2v) is 7.42. The zero-order valence-corrected chi connectivity index (χ0v) is 13.2. The summed E-state index contributed by atoms with van der Waals surface area (Å²) in [5.74, 6) is 2.53. The van der Waals surface area contributed by atoms with Gasteiger partial charge in [0.1, 0.15) is 11.6 Å². The summed E-state index contributed by atoms with van der Waals surface area (Å²) in [7, 11) is 0. The first-order valence-electron chi connectivity index (χ1n) is 7.37. The number of hydrogen-bond donors (Lipinski definition) is 1. The third kappa shape index (κ3) is 3.26. The standard InChI is InChI=1S/C16H27N3/c1-7-8-17-13-9-12(15(2,3)4)18-14(19-13)11-10-16(11,5)6/h9,11H,7-8,10H2,1-6H3,(H,17,18,19). The van der Waals surface area contributed by atoms with E-state index >= 15 is 0 Å². The van der Waals surface area contributed by atoms with Gasteiger partial charge in [-0.3, -0.25) is 0 Å². The summed E-state index contributed by atoms with van der Waals surface area (Å²) < 4.78 is 0. The Bertz CT molecular complexity index is 458. The average Bonchev–Trinajstić information content (AvgIpc) is 2.94. The van der Waals surface area contributed by atoms with Crippen LogP contribution in [0, 0.1) is 5.41 Å². The van der Waals surface area contributed by atoms with Crippen LogP contribution in [0.2, 0.25) is 0 Å². The molecule has 0 spiro atoms. The van der Waals surface area contributed by atoms with Gasteiger partial charge >= 0.3 is 0 Å². The van der Waals surface area contributed by atoms with E-state index in [4.69, 9.17) is 9.97 Å². The maximum absolute atomic E-state index is 4.82. The van der Waals surface area contributed by atoms with Crippen molar-refractivity contribution in [2.75, 3.05) is 11.9 Å². The predicted molar refractivity (Wildman–Crippen MR) is 80.7 cm³/mol. The SMILES string of the molecule is CCCNc1cc(C(C)(C)C)nc(C2CC2(C)C)n1. The molecule has 0 radical (unpaired) electrons. The molecule has 0 saturated heterocycles. The summed E-state index contributed by atoms with van der Waals surface area (Å²) in [5, 5.41) is 3.41. The number of nitrogens with one attached hydrogen (secondary N) is 1. The average molecular weight is 261 g/mol. The molecule has 1 fully saturated rings. The molecule has 1 aromatic heterocycles. The van der Waals surface area contributed by atoms with Gasteiger partial charge in [0, 0.05) is 23.9 Å². The van der Waals surface area contributed by atoms with Crippen LogP contribution in [0.4, 0.5) is 5.82 Å². The summed E-state index contributed by atoms with van der Waals surface area (Å²) >= 11 is 0. The number of anilines is 1. The van der Waals surface area contributed by atoms with Crippen LogP contribution in [0.5, 0.6) is 0 Å². The Balaban J connectivity index is 2.32. The fourth-order valence-electron chi connectivity index (χ4n) is 2.26. The number of hydrogen-bond acceptors (Lipinski definition) is 3. The predicted octanol–water partition coefficient (Wildman–Crippen LogP) is 4.11. The van der Waals surface area contributed by atoms with Crippen LogP contribution >= 0.6 is 0 Å². The van der Waals surface area contributed by atoms with Gasteiger partial charge in [-0.15, -0.1) is 0 Å². The van der Waals surface area contributed by atoms with Crippen molar-refractivity contribution in [2.24, 2.45) is 5.41 Å². The smallest absolute Gasteiger partial charge is 0.134 e. The molecule has 0 aliphatic heterocycles. The van der Waals surface area contributed by atoms with Crippen molar-refractivity contribution in [3.8, 4) is 0 Å². The van der Waals surface area contributed by atoms with Gasteiger partial charge in [0.25, 0.3) is 0 Å². The Kier molecular flexibility index (Phi) is 3.59. The minimum Gasteiger partial charge on any atom is -0.370 e. The normalized spacial score (nSPS) is 21.3. The monoisotopic (exact) mass is 261 g/mol. The lowest BCUT2D eigenvalue weighted by Crippen LogP contribution is -2.17. The van der Waals surface area contributed by atoms with E-state index in [1.165, 1.54) is 6.42 Å². The highest BCUT2D eigenvalue weighted by Crippen LogP contribution is 2.57. The highest BCUT2D eigenvalue weighted by molar-refractivity contribution is 5.39. The maximum Gasteiger partial charge on any atom is 0.134 e. The zero-order chi connectivity index (χ0) is 14.3. The Hall–Kier alpha value is -1.12. The van der Waals surface area contributed by atoms with Crippen molar-refractivity contribution in [3.63, 3.8) is 0 Å². The van der Waals surface area contributed by atoms with E-state index in [1.54, 1.807) is 0 Å². The van der Waals surface area contributed by atoms with Crippen LogP contribution in [-0.4, -0.2) is 16.5 Å². The minimum atomic E-state index is 0.0688. The van der Waals surface area contributed by atoms with Crippen LogP contribution in [0.3, 0.4) is 0 Å². The fourth-order valence-corrected chi connectivity index (χ4v) is 2.26. The Morgan fingerprint density at radius 1 is 1.32 bits per heavy atom. The van der Waals surface area contributed by atoms with Gasteiger partial charge in [-0.25, -0.2) is 9.97 Å². The van der Waals surface area contributed by atoms with Gasteiger partial charge in [0.05, 0.1) is 5.69 Å². The molecule has 0 bridgehead atoms. The van der Waals surface area contributed by atoms with Crippen LogP contribution < -0.4 is 5.32 Å². The van der Waals surface area contributed by atoms with Crippen molar-refractivity contribution in [1.29, 1.82) is 0 Å². The van der Waals surface area contributed by atoms with Gasteiger partial charge in [0.15, 0.2) is 0 Å². The van der Waals surface area contributed by atoms with Crippen LogP contribution in [-0.2, 0) is 5.41 Å². The Morgan fingerprint density at radius 2 is 1.95 bits per heavy atom. The van der Waals surface area contributed by atoms with Gasteiger partial charge in [-0.05, 0) is 18.3 Å². The van der Waals surface area contributed by atoms with Gasteiger partial charge in [-0.2, -0.15) is 0 Å². The second-order valence-electron chi connectivity index (χ2n) is 7.42. The van der Waals surface area contributed by atoms with Crippen molar-refractivity contribution >= 4 is 5.82 Å². The third-order valence-electron chi connectivity index (χ3n) is 3.89. The van der Waals surface area contributed by atoms with E-state index in [9.17, 15) is 0 Å². The number of rotatable bonds is 4.